The molecule has 0 saturated carbocycles. The molecule has 21 heavy (non-hydrogen) atoms. The van der Waals surface area contributed by atoms with Crippen LogP contribution in [0.5, 0.6) is 5.75 Å². The minimum atomic E-state index is -0.999. The fraction of sp³-hybridized carbons (Fsp3) is 0.133. The van der Waals surface area contributed by atoms with E-state index in [4.69, 9.17) is 33.0 Å². The Hall–Kier alpha value is -1.91. The van der Waals surface area contributed by atoms with Crippen molar-refractivity contribution in [3.8, 4) is 5.75 Å². The number of hydrogen-bond acceptors (Lipinski definition) is 3. The number of benzene rings is 2. The Morgan fingerprint density at radius 2 is 2.00 bits per heavy atom. The maximum Gasteiger partial charge on any atom is 0.335 e. The van der Waals surface area contributed by atoms with Crippen molar-refractivity contribution in [3.63, 3.8) is 0 Å². The Bertz CT molecular complexity index is 674. The van der Waals surface area contributed by atoms with Crippen LogP contribution in [0.3, 0.4) is 0 Å². The van der Waals surface area contributed by atoms with E-state index in [9.17, 15) is 4.79 Å². The van der Waals surface area contributed by atoms with Gasteiger partial charge in [0.05, 0.1) is 18.4 Å². The van der Waals surface area contributed by atoms with E-state index >= 15 is 0 Å². The first-order valence-electron chi connectivity index (χ1n) is 6.10. The van der Waals surface area contributed by atoms with Crippen LogP contribution in [0.25, 0.3) is 0 Å². The van der Waals surface area contributed by atoms with Gasteiger partial charge in [-0.3, -0.25) is 0 Å². The predicted octanol–water partition coefficient (Wildman–Crippen LogP) is 4.31. The molecule has 0 fully saturated rings. The van der Waals surface area contributed by atoms with Gasteiger partial charge in [-0.1, -0.05) is 23.2 Å². The van der Waals surface area contributed by atoms with Crippen LogP contribution < -0.4 is 10.1 Å². The molecule has 0 aromatic heterocycles. The molecule has 6 heteroatoms. The Balaban J connectivity index is 2.24. The van der Waals surface area contributed by atoms with Gasteiger partial charge in [-0.25, -0.2) is 4.79 Å². The second kappa shape index (κ2) is 6.70. The van der Waals surface area contributed by atoms with E-state index in [1.54, 1.807) is 24.3 Å². The normalized spacial score (nSPS) is 10.2. The number of anilines is 1. The maximum atomic E-state index is 11.0. The van der Waals surface area contributed by atoms with Gasteiger partial charge in [-0.2, -0.15) is 0 Å². The molecule has 2 N–H and O–H groups in total. The number of carboxylic acids is 1. The smallest absolute Gasteiger partial charge is 0.335 e. The van der Waals surface area contributed by atoms with Gasteiger partial charge >= 0.3 is 5.97 Å². The van der Waals surface area contributed by atoms with E-state index in [0.717, 1.165) is 5.56 Å². The van der Waals surface area contributed by atoms with Crippen LogP contribution in [-0.2, 0) is 6.54 Å². The summed E-state index contributed by atoms with van der Waals surface area (Å²) >= 11 is 12.0. The van der Waals surface area contributed by atoms with Crippen molar-refractivity contribution in [2.75, 3.05) is 12.4 Å². The summed E-state index contributed by atoms with van der Waals surface area (Å²) in [6.07, 6.45) is 0. The van der Waals surface area contributed by atoms with Crippen molar-refractivity contribution in [3.05, 3.63) is 57.6 Å². The molecule has 0 saturated heterocycles. The molecule has 0 unspecified atom stereocenters. The first kappa shape index (κ1) is 15.5. The van der Waals surface area contributed by atoms with Crippen molar-refractivity contribution in [2.45, 2.75) is 6.54 Å². The van der Waals surface area contributed by atoms with Gasteiger partial charge in [-0.15, -0.1) is 0 Å². The van der Waals surface area contributed by atoms with Crippen LogP contribution in [0.15, 0.2) is 36.4 Å². The first-order valence-corrected chi connectivity index (χ1v) is 6.86. The molecular weight excluding hydrogens is 313 g/mol. The topological polar surface area (TPSA) is 58.6 Å². The Labute approximate surface area is 132 Å². The van der Waals surface area contributed by atoms with Crippen LogP contribution >= 0.6 is 23.2 Å². The van der Waals surface area contributed by atoms with Crippen LogP contribution in [0.2, 0.25) is 10.0 Å². The molecule has 0 heterocycles. The zero-order chi connectivity index (χ0) is 15.4. The molecule has 4 nitrogen and oxygen atoms in total. The van der Waals surface area contributed by atoms with E-state index in [-0.39, 0.29) is 5.56 Å². The van der Waals surface area contributed by atoms with Gasteiger partial charge in [0.15, 0.2) is 0 Å². The van der Waals surface area contributed by atoms with E-state index in [1.165, 1.54) is 19.2 Å². The van der Waals surface area contributed by atoms with E-state index < -0.39 is 5.97 Å². The summed E-state index contributed by atoms with van der Waals surface area (Å²) in [5.74, 6) is -0.445. The highest BCUT2D eigenvalue weighted by Gasteiger charge is 2.09. The lowest BCUT2D eigenvalue weighted by Gasteiger charge is -2.13. The Morgan fingerprint density at radius 3 is 2.67 bits per heavy atom. The fourth-order valence-electron chi connectivity index (χ4n) is 1.85. The number of carboxylic acid groups (broad SMARTS) is 1. The zero-order valence-corrected chi connectivity index (χ0v) is 12.7. The molecule has 0 aliphatic carbocycles. The number of ether oxygens (including phenoxy) is 1. The van der Waals surface area contributed by atoms with Crippen molar-refractivity contribution in [1.29, 1.82) is 0 Å². The summed E-state index contributed by atoms with van der Waals surface area (Å²) in [6, 6.07) is 9.78. The summed E-state index contributed by atoms with van der Waals surface area (Å²) in [4.78, 5) is 11.0. The van der Waals surface area contributed by atoms with Gasteiger partial charge in [0.1, 0.15) is 5.75 Å². The van der Waals surface area contributed by atoms with E-state index in [0.29, 0.717) is 28.0 Å². The molecule has 110 valence electrons. The average molecular weight is 326 g/mol. The molecule has 2 aromatic carbocycles. The van der Waals surface area contributed by atoms with Crippen LogP contribution in [-0.4, -0.2) is 18.2 Å². The second-order valence-electron chi connectivity index (χ2n) is 4.31. The Morgan fingerprint density at radius 1 is 1.24 bits per heavy atom. The van der Waals surface area contributed by atoms with Crippen molar-refractivity contribution < 1.29 is 14.6 Å². The van der Waals surface area contributed by atoms with Gasteiger partial charge in [0.25, 0.3) is 0 Å². The number of aromatic carboxylic acids is 1. The minimum absolute atomic E-state index is 0.176. The number of nitrogens with one attached hydrogen (secondary N) is 1. The van der Waals surface area contributed by atoms with E-state index in [1.807, 2.05) is 0 Å². The number of carbonyl (C=O) groups is 1. The lowest BCUT2D eigenvalue weighted by atomic mass is 10.1. The molecule has 0 radical (unpaired) electrons. The third-order valence-corrected chi connectivity index (χ3v) is 3.53. The van der Waals surface area contributed by atoms with Crippen LogP contribution in [0.4, 0.5) is 5.69 Å². The quantitative estimate of drug-likeness (QED) is 0.859. The monoisotopic (exact) mass is 325 g/mol. The number of rotatable bonds is 5. The SMILES string of the molecule is COc1ccc(C(=O)O)cc1NCc1cc(Cl)ccc1Cl. The lowest BCUT2D eigenvalue weighted by molar-refractivity contribution is 0.0697. The highest BCUT2D eigenvalue weighted by atomic mass is 35.5. The number of halogens is 2. The number of hydrogen-bond donors (Lipinski definition) is 2. The maximum absolute atomic E-state index is 11.0. The third kappa shape index (κ3) is 3.80. The molecule has 0 spiro atoms. The van der Waals surface area contributed by atoms with Gasteiger partial charge in [0.2, 0.25) is 0 Å². The highest BCUT2D eigenvalue weighted by Crippen LogP contribution is 2.27. The highest BCUT2D eigenvalue weighted by molar-refractivity contribution is 6.33. The summed E-state index contributed by atoms with van der Waals surface area (Å²) in [7, 11) is 1.52. The van der Waals surface area contributed by atoms with Gasteiger partial charge < -0.3 is 15.2 Å². The third-order valence-electron chi connectivity index (χ3n) is 2.92. The Kier molecular flexibility index (Phi) is 4.94. The summed E-state index contributed by atoms with van der Waals surface area (Å²) in [5.41, 5.74) is 1.57. The van der Waals surface area contributed by atoms with Crippen molar-refractivity contribution in [2.24, 2.45) is 0 Å². The van der Waals surface area contributed by atoms with Gasteiger partial charge in [0, 0.05) is 16.6 Å². The molecule has 0 aliphatic rings. The van der Waals surface area contributed by atoms with Crippen molar-refractivity contribution >= 4 is 34.9 Å². The summed E-state index contributed by atoms with van der Waals surface area (Å²) in [5, 5.41) is 13.3. The molecule has 0 atom stereocenters. The van der Waals surface area contributed by atoms with Gasteiger partial charge in [-0.05, 0) is 42.0 Å². The standard InChI is InChI=1S/C15H13Cl2NO3/c1-21-14-5-2-9(15(19)20)7-13(14)18-8-10-6-11(16)3-4-12(10)17/h2-7,18H,8H2,1H3,(H,19,20). The zero-order valence-electron chi connectivity index (χ0n) is 11.2. The minimum Gasteiger partial charge on any atom is -0.495 e. The summed E-state index contributed by atoms with van der Waals surface area (Å²) < 4.78 is 5.21. The summed E-state index contributed by atoms with van der Waals surface area (Å²) in [6.45, 7) is 0.402. The molecule has 0 aliphatic heterocycles. The molecule has 2 rings (SSSR count). The van der Waals surface area contributed by atoms with Crippen LogP contribution in [0.1, 0.15) is 15.9 Å². The van der Waals surface area contributed by atoms with Crippen LogP contribution in [0, 0.1) is 0 Å². The van der Waals surface area contributed by atoms with Crippen molar-refractivity contribution in [1.82, 2.24) is 0 Å². The fourth-order valence-corrected chi connectivity index (χ4v) is 2.23. The number of methoxy groups -OCH3 is 1. The molecule has 2 aromatic rings. The van der Waals surface area contributed by atoms with E-state index in [2.05, 4.69) is 5.32 Å². The predicted molar refractivity (Wildman–Crippen MR) is 83.7 cm³/mol. The largest absolute Gasteiger partial charge is 0.495 e. The average Bonchev–Trinajstić information content (AvgIpc) is 2.47. The lowest BCUT2D eigenvalue weighted by Crippen LogP contribution is -2.04. The molecule has 0 bridgehead atoms. The first-order chi connectivity index (χ1) is 10.0. The molecular formula is C15H13Cl2NO3. The molecule has 0 amide bonds. The second-order valence-corrected chi connectivity index (χ2v) is 5.15.